The van der Waals surface area contributed by atoms with Gasteiger partial charge < -0.3 is 11.1 Å². The Labute approximate surface area is 98.2 Å². The van der Waals surface area contributed by atoms with E-state index in [2.05, 4.69) is 43.4 Å². The lowest BCUT2D eigenvalue weighted by Crippen LogP contribution is -2.53. The van der Waals surface area contributed by atoms with Crippen LogP contribution in [-0.2, 0) is 12.0 Å². The summed E-state index contributed by atoms with van der Waals surface area (Å²) in [5, 5.41) is 3.68. The molecule has 0 saturated heterocycles. The van der Waals surface area contributed by atoms with Crippen LogP contribution in [0, 0.1) is 0 Å². The SMILES string of the molecule is CC(C)NC1(CN)CCCc2ccccc21. The van der Waals surface area contributed by atoms with Crippen LogP contribution < -0.4 is 11.1 Å². The summed E-state index contributed by atoms with van der Waals surface area (Å²) in [6, 6.07) is 9.18. The number of aryl methyl sites for hydroxylation is 1. The third-order valence-corrected chi connectivity index (χ3v) is 3.50. The van der Waals surface area contributed by atoms with Gasteiger partial charge in [0.05, 0.1) is 5.54 Å². The van der Waals surface area contributed by atoms with Gasteiger partial charge in [0.1, 0.15) is 0 Å². The van der Waals surface area contributed by atoms with E-state index in [4.69, 9.17) is 5.73 Å². The molecule has 16 heavy (non-hydrogen) atoms. The van der Waals surface area contributed by atoms with Gasteiger partial charge >= 0.3 is 0 Å². The van der Waals surface area contributed by atoms with Gasteiger partial charge in [-0.3, -0.25) is 0 Å². The van der Waals surface area contributed by atoms with E-state index in [0.29, 0.717) is 12.6 Å². The number of hydrogen-bond acceptors (Lipinski definition) is 2. The molecule has 3 N–H and O–H groups in total. The Morgan fingerprint density at radius 3 is 2.81 bits per heavy atom. The van der Waals surface area contributed by atoms with Crippen molar-refractivity contribution in [2.45, 2.75) is 44.7 Å². The van der Waals surface area contributed by atoms with E-state index in [1.54, 1.807) is 0 Å². The summed E-state index contributed by atoms with van der Waals surface area (Å²) in [5.41, 5.74) is 8.92. The van der Waals surface area contributed by atoms with Crippen LogP contribution in [0.3, 0.4) is 0 Å². The molecule has 2 heteroatoms. The first-order chi connectivity index (χ1) is 7.68. The highest BCUT2D eigenvalue weighted by molar-refractivity contribution is 5.36. The molecule has 0 amide bonds. The van der Waals surface area contributed by atoms with Gasteiger partial charge in [-0.15, -0.1) is 0 Å². The minimum Gasteiger partial charge on any atom is -0.328 e. The van der Waals surface area contributed by atoms with Crippen molar-refractivity contribution in [1.29, 1.82) is 0 Å². The lowest BCUT2D eigenvalue weighted by atomic mass is 9.76. The minimum atomic E-state index is 0.00299. The Kier molecular flexibility index (Phi) is 3.31. The minimum absolute atomic E-state index is 0.00299. The Bertz CT molecular complexity index is 360. The predicted octanol–water partition coefficient (Wildman–Crippen LogP) is 2.17. The maximum absolute atomic E-state index is 6.04. The third-order valence-electron chi connectivity index (χ3n) is 3.50. The van der Waals surface area contributed by atoms with Crippen LogP contribution in [0.25, 0.3) is 0 Å². The first-order valence-corrected chi connectivity index (χ1v) is 6.24. The van der Waals surface area contributed by atoms with Crippen LogP contribution in [0.2, 0.25) is 0 Å². The fourth-order valence-corrected chi connectivity index (χ4v) is 2.89. The normalized spacial score (nSPS) is 24.5. The molecule has 1 atom stereocenters. The number of benzene rings is 1. The first-order valence-electron chi connectivity index (χ1n) is 6.24. The third kappa shape index (κ3) is 2.00. The van der Waals surface area contributed by atoms with Gasteiger partial charge in [0.25, 0.3) is 0 Å². The maximum atomic E-state index is 6.04. The number of nitrogens with one attached hydrogen (secondary N) is 1. The smallest absolute Gasteiger partial charge is 0.0563 e. The second-order valence-corrected chi connectivity index (χ2v) is 5.10. The Hall–Kier alpha value is -0.860. The van der Waals surface area contributed by atoms with Crippen molar-refractivity contribution in [3.8, 4) is 0 Å². The summed E-state index contributed by atoms with van der Waals surface area (Å²) >= 11 is 0. The van der Waals surface area contributed by atoms with Crippen molar-refractivity contribution in [3.63, 3.8) is 0 Å². The van der Waals surface area contributed by atoms with Crippen LogP contribution in [0.15, 0.2) is 24.3 Å². The van der Waals surface area contributed by atoms with Gasteiger partial charge in [0.15, 0.2) is 0 Å². The first kappa shape index (κ1) is 11.6. The quantitative estimate of drug-likeness (QED) is 0.816. The molecule has 1 aromatic carbocycles. The van der Waals surface area contributed by atoms with E-state index in [1.807, 2.05) is 0 Å². The fraction of sp³-hybridized carbons (Fsp3) is 0.571. The molecule has 1 aliphatic carbocycles. The van der Waals surface area contributed by atoms with Gasteiger partial charge in [-0.05, 0) is 44.2 Å². The summed E-state index contributed by atoms with van der Waals surface area (Å²) in [6.45, 7) is 5.06. The van der Waals surface area contributed by atoms with Crippen molar-refractivity contribution in [3.05, 3.63) is 35.4 Å². The molecule has 0 heterocycles. The van der Waals surface area contributed by atoms with E-state index in [0.717, 1.165) is 6.42 Å². The van der Waals surface area contributed by atoms with E-state index in [9.17, 15) is 0 Å². The Balaban J connectivity index is 2.40. The second-order valence-electron chi connectivity index (χ2n) is 5.10. The highest BCUT2D eigenvalue weighted by Crippen LogP contribution is 2.34. The number of hydrogen-bond donors (Lipinski definition) is 2. The summed E-state index contributed by atoms with van der Waals surface area (Å²) in [5.74, 6) is 0. The Morgan fingerprint density at radius 1 is 1.38 bits per heavy atom. The summed E-state index contributed by atoms with van der Waals surface area (Å²) in [7, 11) is 0. The van der Waals surface area contributed by atoms with Gasteiger partial charge in [0.2, 0.25) is 0 Å². The zero-order chi connectivity index (χ0) is 11.6. The molecule has 0 aliphatic heterocycles. The maximum Gasteiger partial charge on any atom is 0.0563 e. The van der Waals surface area contributed by atoms with E-state index < -0.39 is 0 Å². The highest BCUT2D eigenvalue weighted by Gasteiger charge is 2.35. The van der Waals surface area contributed by atoms with Crippen molar-refractivity contribution in [2.75, 3.05) is 6.54 Å². The topological polar surface area (TPSA) is 38.0 Å². The number of rotatable bonds is 3. The van der Waals surface area contributed by atoms with E-state index in [1.165, 1.54) is 24.0 Å². The lowest BCUT2D eigenvalue weighted by Gasteiger charge is -2.40. The summed E-state index contributed by atoms with van der Waals surface area (Å²) < 4.78 is 0. The van der Waals surface area contributed by atoms with E-state index in [-0.39, 0.29) is 5.54 Å². The lowest BCUT2D eigenvalue weighted by molar-refractivity contribution is 0.270. The van der Waals surface area contributed by atoms with Crippen LogP contribution in [0.4, 0.5) is 0 Å². The molecule has 0 saturated carbocycles. The Morgan fingerprint density at radius 2 is 2.12 bits per heavy atom. The van der Waals surface area contributed by atoms with Crippen molar-refractivity contribution in [1.82, 2.24) is 5.32 Å². The second kappa shape index (κ2) is 4.56. The zero-order valence-electron chi connectivity index (χ0n) is 10.3. The molecular weight excluding hydrogens is 196 g/mol. The zero-order valence-corrected chi connectivity index (χ0v) is 10.3. The molecular formula is C14H22N2. The molecule has 1 aromatic rings. The molecule has 0 spiro atoms. The van der Waals surface area contributed by atoms with Crippen LogP contribution in [-0.4, -0.2) is 12.6 Å². The molecule has 0 bridgehead atoms. The monoisotopic (exact) mass is 218 g/mol. The van der Waals surface area contributed by atoms with Crippen molar-refractivity contribution in [2.24, 2.45) is 5.73 Å². The van der Waals surface area contributed by atoms with Gasteiger partial charge in [-0.25, -0.2) is 0 Å². The fourth-order valence-electron chi connectivity index (χ4n) is 2.89. The van der Waals surface area contributed by atoms with Crippen LogP contribution in [0.1, 0.15) is 37.8 Å². The number of fused-ring (bicyclic) bond motifs is 1. The molecule has 0 aromatic heterocycles. The van der Waals surface area contributed by atoms with Crippen molar-refractivity contribution < 1.29 is 0 Å². The molecule has 1 aliphatic rings. The summed E-state index contributed by atoms with van der Waals surface area (Å²) in [4.78, 5) is 0. The van der Waals surface area contributed by atoms with E-state index >= 15 is 0 Å². The van der Waals surface area contributed by atoms with Gasteiger partial charge in [0, 0.05) is 12.6 Å². The van der Waals surface area contributed by atoms with Crippen molar-refractivity contribution >= 4 is 0 Å². The van der Waals surface area contributed by atoms with Gasteiger partial charge in [-0.1, -0.05) is 24.3 Å². The molecule has 2 nitrogen and oxygen atoms in total. The molecule has 0 radical (unpaired) electrons. The average Bonchev–Trinajstić information content (AvgIpc) is 2.29. The summed E-state index contributed by atoms with van der Waals surface area (Å²) in [6.07, 6.45) is 3.57. The standard InChI is InChI=1S/C14H22N2/c1-11(2)16-14(10-15)9-5-7-12-6-3-4-8-13(12)14/h3-4,6,8,11,16H,5,7,9-10,15H2,1-2H3. The molecule has 88 valence electrons. The largest absolute Gasteiger partial charge is 0.328 e. The molecule has 0 fully saturated rings. The molecule has 2 rings (SSSR count). The highest BCUT2D eigenvalue weighted by atomic mass is 15.0. The predicted molar refractivity (Wildman–Crippen MR) is 68.4 cm³/mol. The average molecular weight is 218 g/mol. The van der Waals surface area contributed by atoms with Gasteiger partial charge in [-0.2, -0.15) is 0 Å². The number of nitrogens with two attached hydrogens (primary N) is 1. The molecule has 1 unspecified atom stereocenters. The van der Waals surface area contributed by atoms with Crippen LogP contribution >= 0.6 is 0 Å². The van der Waals surface area contributed by atoms with Crippen LogP contribution in [0.5, 0.6) is 0 Å².